The topological polar surface area (TPSA) is 81.0 Å². The van der Waals surface area contributed by atoms with Gasteiger partial charge in [-0.1, -0.05) is 12.1 Å². The molecule has 2 saturated heterocycles. The van der Waals surface area contributed by atoms with E-state index in [-0.39, 0.29) is 12.3 Å². The minimum Gasteiger partial charge on any atom is -0.297 e. The molecule has 5 heterocycles. The fourth-order valence-corrected chi connectivity index (χ4v) is 5.06. The Kier molecular flexibility index (Phi) is 8.03. The Morgan fingerprint density at radius 2 is 1.09 bits per heavy atom. The van der Waals surface area contributed by atoms with E-state index in [0.717, 1.165) is 101 Å². The highest BCUT2D eigenvalue weighted by Gasteiger charge is 2.25. The van der Waals surface area contributed by atoms with Gasteiger partial charge in [0.2, 0.25) is 0 Å². The first-order valence-electron chi connectivity index (χ1n) is 12.8. The molecule has 4 bridgehead atoms. The summed E-state index contributed by atoms with van der Waals surface area (Å²) in [6.45, 7) is 7.77. The summed E-state index contributed by atoms with van der Waals surface area (Å²) in [6.07, 6.45) is 8.49. The molecule has 2 unspecified atom stereocenters. The van der Waals surface area contributed by atoms with Gasteiger partial charge in [-0.3, -0.25) is 30.4 Å². The number of pyridine rings is 2. The largest absolute Gasteiger partial charge is 0.297 e. The minimum absolute atomic E-state index is 0.151. The molecule has 8 nitrogen and oxygen atoms in total. The molecule has 8 heteroatoms. The molecule has 34 heavy (non-hydrogen) atoms. The van der Waals surface area contributed by atoms with Crippen LogP contribution in [0.25, 0.3) is 0 Å². The Morgan fingerprint density at radius 1 is 0.618 bits per heavy atom. The van der Waals surface area contributed by atoms with Gasteiger partial charge in [-0.25, -0.2) is 9.97 Å². The lowest BCUT2D eigenvalue weighted by Gasteiger charge is -2.36. The Morgan fingerprint density at radius 3 is 1.59 bits per heavy atom. The quantitative estimate of drug-likeness (QED) is 0.628. The van der Waals surface area contributed by atoms with Crippen molar-refractivity contribution in [1.29, 1.82) is 0 Å². The summed E-state index contributed by atoms with van der Waals surface area (Å²) in [5.41, 5.74) is 4.01. The van der Waals surface area contributed by atoms with Crippen LogP contribution in [-0.4, -0.2) is 84.6 Å². The van der Waals surface area contributed by atoms with E-state index in [1.54, 1.807) is 0 Å². The zero-order valence-electron chi connectivity index (χ0n) is 19.9. The van der Waals surface area contributed by atoms with Crippen LogP contribution in [0.5, 0.6) is 0 Å². The molecular formula is C26H36N8. The van der Waals surface area contributed by atoms with Gasteiger partial charge in [0.05, 0.1) is 22.8 Å². The van der Waals surface area contributed by atoms with Crippen molar-refractivity contribution >= 4 is 12.4 Å². The SMILES string of the molecule is C1=NCCCN2CCCNC2c2cccc(n2)C=NCCCN2CCCNC2c2cccc1n2. The lowest BCUT2D eigenvalue weighted by molar-refractivity contribution is 0.127. The molecule has 0 saturated carbocycles. The van der Waals surface area contributed by atoms with Crippen molar-refractivity contribution in [3.8, 4) is 0 Å². The van der Waals surface area contributed by atoms with Crippen molar-refractivity contribution in [3.63, 3.8) is 0 Å². The van der Waals surface area contributed by atoms with E-state index < -0.39 is 0 Å². The van der Waals surface area contributed by atoms with E-state index in [1.807, 2.05) is 24.6 Å². The van der Waals surface area contributed by atoms with Gasteiger partial charge in [-0.2, -0.15) is 0 Å². The number of hydrogen-bond acceptors (Lipinski definition) is 8. The molecule has 2 N–H and O–H groups in total. The van der Waals surface area contributed by atoms with Crippen molar-refractivity contribution in [2.75, 3.05) is 52.4 Å². The van der Waals surface area contributed by atoms with Crippen molar-refractivity contribution in [1.82, 2.24) is 30.4 Å². The van der Waals surface area contributed by atoms with Crippen LogP contribution in [0, 0.1) is 0 Å². The standard InChI is InChI=1S/C26H36N8/c1-7-21-19-27-11-3-16-34-18-6-14-30-26(34)24-10-2-8-22(32-24)20-28-12-4-15-33-17-5-13-29-25(33)23(9-1)31-21/h1-2,7-10,19-20,25-26,29-30H,3-6,11-18H2. The summed E-state index contributed by atoms with van der Waals surface area (Å²) in [5, 5.41) is 7.31. The molecule has 180 valence electrons. The molecule has 2 fully saturated rings. The normalized spacial score (nSPS) is 25.3. The summed E-state index contributed by atoms with van der Waals surface area (Å²) < 4.78 is 0. The van der Waals surface area contributed by atoms with Crippen LogP contribution in [0.3, 0.4) is 0 Å². The molecule has 2 atom stereocenters. The van der Waals surface area contributed by atoms with Gasteiger partial charge in [-0.15, -0.1) is 0 Å². The average Bonchev–Trinajstić information content (AvgIpc) is 2.89. The third-order valence-corrected chi connectivity index (χ3v) is 6.71. The van der Waals surface area contributed by atoms with Crippen LogP contribution >= 0.6 is 0 Å². The van der Waals surface area contributed by atoms with Crippen LogP contribution in [-0.2, 0) is 0 Å². The Labute approximate surface area is 202 Å². The molecule has 2 aromatic rings. The number of aromatic nitrogens is 2. The monoisotopic (exact) mass is 460 g/mol. The van der Waals surface area contributed by atoms with Gasteiger partial charge >= 0.3 is 0 Å². The van der Waals surface area contributed by atoms with Crippen LogP contribution in [0.2, 0.25) is 0 Å². The first-order chi connectivity index (χ1) is 16.9. The highest BCUT2D eigenvalue weighted by Crippen LogP contribution is 2.21. The molecule has 3 aliphatic heterocycles. The summed E-state index contributed by atoms with van der Waals surface area (Å²) in [7, 11) is 0. The van der Waals surface area contributed by atoms with E-state index in [2.05, 4.69) is 44.7 Å². The molecule has 0 amide bonds. The van der Waals surface area contributed by atoms with Gasteiger partial charge in [0.15, 0.2) is 0 Å². The number of rotatable bonds is 0. The Balaban J connectivity index is 1.36. The lowest BCUT2D eigenvalue weighted by atomic mass is 10.1. The van der Waals surface area contributed by atoms with Crippen molar-refractivity contribution in [3.05, 3.63) is 59.2 Å². The second-order valence-electron chi connectivity index (χ2n) is 9.24. The van der Waals surface area contributed by atoms with E-state index in [0.29, 0.717) is 0 Å². The summed E-state index contributed by atoms with van der Waals surface area (Å²) in [5.74, 6) is 0. The maximum absolute atomic E-state index is 4.92. The fourth-order valence-electron chi connectivity index (χ4n) is 5.06. The van der Waals surface area contributed by atoms with Gasteiger partial charge in [-0.05, 0) is 63.0 Å². The predicted octanol–water partition coefficient (Wildman–Crippen LogP) is 2.40. The van der Waals surface area contributed by atoms with E-state index in [4.69, 9.17) is 20.0 Å². The van der Waals surface area contributed by atoms with Crippen molar-refractivity contribution < 1.29 is 0 Å². The molecule has 0 radical (unpaired) electrons. The highest BCUT2D eigenvalue weighted by molar-refractivity contribution is 5.77. The molecule has 5 rings (SSSR count). The number of fused-ring (bicyclic) bond motifs is 8. The highest BCUT2D eigenvalue weighted by atomic mass is 15.3. The maximum atomic E-state index is 4.92. The number of nitrogens with one attached hydrogen (secondary N) is 2. The van der Waals surface area contributed by atoms with Crippen LogP contribution in [0.4, 0.5) is 0 Å². The number of aliphatic imine (C=N–C) groups is 2. The molecule has 0 spiro atoms. The summed E-state index contributed by atoms with van der Waals surface area (Å²) in [4.78, 5) is 24.2. The predicted molar refractivity (Wildman–Crippen MR) is 136 cm³/mol. The lowest BCUT2D eigenvalue weighted by Crippen LogP contribution is -2.45. The maximum Gasteiger partial charge on any atom is 0.104 e. The Bertz CT molecular complexity index is 911. The molecular weight excluding hydrogens is 424 g/mol. The zero-order chi connectivity index (χ0) is 23.0. The third-order valence-electron chi connectivity index (χ3n) is 6.71. The first kappa shape index (κ1) is 23.2. The van der Waals surface area contributed by atoms with Crippen molar-refractivity contribution in [2.45, 2.75) is 38.0 Å². The third kappa shape index (κ3) is 5.93. The second kappa shape index (κ2) is 11.8. The van der Waals surface area contributed by atoms with Gasteiger partial charge in [0, 0.05) is 51.7 Å². The smallest absolute Gasteiger partial charge is 0.104 e. The summed E-state index contributed by atoms with van der Waals surface area (Å²) in [6, 6.07) is 12.5. The van der Waals surface area contributed by atoms with E-state index >= 15 is 0 Å². The Hall–Kier alpha value is -2.52. The van der Waals surface area contributed by atoms with E-state index in [1.165, 1.54) is 0 Å². The number of hydrogen-bond donors (Lipinski definition) is 2. The van der Waals surface area contributed by atoms with Gasteiger partial charge in [0.1, 0.15) is 12.3 Å². The fraction of sp³-hybridized carbons (Fsp3) is 0.538. The van der Waals surface area contributed by atoms with Crippen LogP contribution < -0.4 is 10.6 Å². The van der Waals surface area contributed by atoms with Crippen LogP contribution in [0.1, 0.15) is 60.8 Å². The number of nitrogens with zero attached hydrogens (tertiary/aromatic N) is 6. The van der Waals surface area contributed by atoms with Gasteiger partial charge in [0.25, 0.3) is 0 Å². The minimum atomic E-state index is 0.151. The van der Waals surface area contributed by atoms with Crippen molar-refractivity contribution in [2.24, 2.45) is 9.98 Å². The van der Waals surface area contributed by atoms with E-state index in [9.17, 15) is 0 Å². The summed E-state index contributed by atoms with van der Waals surface area (Å²) >= 11 is 0. The van der Waals surface area contributed by atoms with Gasteiger partial charge < -0.3 is 0 Å². The average molecular weight is 461 g/mol. The second-order valence-corrected chi connectivity index (χ2v) is 9.24. The van der Waals surface area contributed by atoms with Crippen LogP contribution in [0.15, 0.2) is 46.4 Å². The molecule has 2 aromatic heterocycles. The zero-order valence-corrected chi connectivity index (χ0v) is 19.9. The molecule has 3 aliphatic rings. The first-order valence-corrected chi connectivity index (χ1v) is 12.8. The molecule has 0 aromatic carbocycles. The molecule has 0 aliphatic carbocycles.